The van der Waals surface area contributed by atoms with Gasteiger partial charge < -0.3 is 0 Å². The number of para-hydroxylation sites is 2. The van der Waals surface area contributed by atoms with Crippen molar-refractivity contribution in [2.45, 2.75) is 13.3 Å². The SMILES string of the molecule is CCCNS(=O)(=O)Nc1nc2ccccc2nc1Cl. The summed E-state index contributed by atoms with van der Waals surface area (Å²) in [4.78, 5) is 8.23. The maximum absolute atomic E-state index is 11.7. The normalized spacial score (nSPS) is 11.7. The van der Waals surface area contributed by atoms with E-state index in [9.17, 15) is 8.42 Å². The van der Waals surface area contributed by atoms with Gasteiger partial charge in [-0.2, -0.15) is 13.1 Å². The average molecular weight is 301 g/mol. The first kappa shape index (κ1) is 14.0. The van der Waals surface area contributed by atoms with Crippen LogP contribution in [-0.4, -0.2) is 24.9 Å². The summed E-state index contributed by atoms with van der Waals surface area (Å²) in [5, 5.41) is 0.0144. The second-order valence-corrected chi connectivity index (χ2v) is 5.71. The van der Waals surface area contributed by atoms with Crippen LogP contribution in [-0.2, 0) is 10.2 Å². The van der Waals surface area contributed by atoms with Crippen LogP contribution in [0.5, 0.6) is 0 Å². The standard InChI is InChI=1S/C11H13ClN4O2S/c1-2-7-13-19(17,18)16-11-10(12)14-8-5-3-4-6-9(8)15-11/h3-6,13H,2,7H2,1H3,(H,15,16). The summed E-state index contributed by atoms with van der Waals surface area (Å²) in [5.74, 6) is 0.0176. The molecule has 0 bridgehead atoms. The van der Waals surface area contributed by atoms with Gasteiger partial charge in [0.05, 0.1) is 11.0 Å². The van der Waals surface area contributed by atoms with E-state index >= 15 is 0 Å². The Bertz CT molecular complexity index is 690. The Hall–Kier alpha value is -1.44. The van der Waals surface area contributed by atoms with Gasteiger partial charge >= 0.3 is 0 Å². The van der Waals surface area contributed by atoms with Crippen molar-refractivity contribution in [3.63, 3.8) is 0 Å². The number of benzene rings is 1. The van der Waals surface area contributed by atoms with Gasteiger partial charge in [-0.05, 0) is 18.6 Å². The zero-order chi connectivity index (χ0) is 13.9. The smallest absolute Gasteiger partial charge is 0.252 e. The minimum atomic E-state index is -3.67. The van der Waals surface area contributed by atoms with E-state index < -0.39 is 10.2 Å². The predicted molar refractivity (Wildman–Crippen MR) is 75.4 cm³/mol. The molecule has 0 radical (unpaired) electrons. The summed E-state index contributed by atoms with van der Waals surface area (Å²) < 4.78 is 28.0. The molecule has 102 valence electrons. The highest BCUT2D eigenvalue weighted by Gasteiger charge is 2.14. The molecule has 0 saturated heterocycles. The van der Waals surface area contributed by atoms with Gasteiger partial charge in [-0.3, -0.25) is 4.72 Å². The van der Waals surface area contributed by atoms with Crippen molar-refractivity contribution in [1.82, 2.24) is 14.7 Å². The van der Waals surface area contributed by atoms with Gasteiger partial charge in [0.2, 0.25) is 0 Å². The molecule has 1 aromatic heterocycles. The maximum Gasteiger partial charge on any atom is 0.300 e. The molecule has 0 unspecified atom stereocenters. The van der Waals surface area contributed by atoms with Crippen LogP contribution in [0.1, 0.15) is 13.3 Å². The van der Waals surface area contributed by atoms with E-state index in [1.54, 1.807) is 24.3 Å². The summed E-state index contributed by atoms with van der Waals surface area (Å²) in [6.45, 7) is 2.21. The number of nitrogens with one attached hydrogen (secondary N) is 2. The lowest BCUT2D eigenvalue weighted by molar-refractivity contribution is 0.586. The molecule has 1 heterocycles. The second-order valence-electron chi connectivity index (χ2n) is 3.85. The summed E-state index contributed by atoms with van der Waals surface area (Å²) in [5.41, 5.74) is 1.18. The molecule has 0 amide bonds. The monoisotopic (exact) mass is 300 g/mol. The van der Waals surface area contributed by atoms with Crippen molar-refractivity contribution in [1.29, 1.82) is 0 Å². The van der Waals surface area contributed by atoms with Crippen LogP contribution in [0, 0.1) is 0 Å². The van der Waals surface area contributed by atoms with Crippen molar-refractivity contribution in [2.75, 3.05) is 11.3 Å². The van der Waals surface area contributed by atoms with Gasteiger partial charge in [-0.25, -0.2) is 9.97 Å². The highest BCUT2D eigenvalue weighted by atomic mass is 35.5. The van der Waals surface area contributed by atoms with Crippen LogP contribution >= 0.6 is 11.6 Å². The van der Waals surface area contributed by atoms with Gasteiger partial charge in [-0.15, -0.1) is 0 Å². The predicted octanol–water partition coefficient (Wildman–Crippen LogP) is 1.94. The first-order valence-electron chi connectivity index (χ1n) is 5.71. The van der Waals surface area contributed by atoms with Crippen LogP contribution < -0.4 is 9.44 Å². The molecule has 8 heteroatoms. The third kappa shape index (κ3) is 3.52. The van der Waals surface area contributed by atoms with Gasteiger partial charge in [0.25, 0.3) is 10.2 Å². The zero-order valence-corrected chi connectivity index (χ0v) is 11.8. The largest absolute Gasteiger partial charge is 0.300 e. The molecule has 2 aromatic rings. The van der Waals surface area contributed by atoms with Crippen molar-refractivity contribution < 1.29 is 8.42 Å². The number of aromatic nitrogens is 2. The number of hydrogen-bond donors (Lipinski definition) is 2. The fourth-order valence-electron chi connectivity index (χ4n) is 1.44. The highest BCUT2D eigenvalue weighted by molar-refractivity contribution is 7.90. The van der Waals surface area contributed by atoms with Crippen molar-refractivity contribution in [2.24, 2.45) is 0 Å². The van der Waals surface area contributed by atoms with Gasteiger partial charge in [0.1, 0.15) is 0 Å². The molecule has 2 rings (SSSR count). The molecule has 6 nitrogen and oxygen atoms in total. The van der Waals surface area contributed by atoms with Crippen molar-refractivity contribution in [3.8, 4) is 0 Å². The quantitative estimate of drug-likeness (QED) is 0.884. The molecule has 2 N–H and O–H groups in total. The van der Waals surface area contributed by atoms with Crippen LogP contribution in [0.25, 0.3) is 11.0 Å². The molecule has 0 fully saturated rings. The number of nitrogens with zero attached hydrogens (tertiary/aromatic N) is 2. The Balaban J connectivity index is 2.32. The average Bonchev–Trinajstić information content (AvgIpc) is 2.37. The Morgan fingerprint density at radius 3 is 2.47 bits per heavy atom. The number of fused-ring (bicyclic) bond motifs is 1. The first-order valence-corrected chi connectivity index (χ1v) is 7.57. The van der Waals surface area contributed by atoms with Gasteiger partial charge in [-0.1, -0.05) is 30.7 Å². The van der Waals surface area contributed by atoms with Gasteiger partial charge in [0.15, 0.2) is 11.0 Å². The molecule has 19 heavy (non-hydrogen) atoms. The molecule has 0 aliphatic heterocycles. The van der Waals surface area contributed by atoms with Crippen LogP contribution in [0.15, 0.2) is 24.3 Å². The minimum Gasteiger partial charge on any atom is -0.252 e. The fraction of sp³-hybridized carbons (Fsp3) is 0.273. The van der Waals surface area contributed by atoms with Crippen LogP contribution in [0.3, 0.4) is 0 Å². The zero-order valence-electron chi connectivity index (χ0n) is 10.2. The number of rotatable bonds is 5. The van der Waals surface area contributed by atoms with Crippen LogP contribution in [0.4, 0.5) is 5.82 Å². The van der Waals surface area contributed by atoms with E-state index in [1.807, 2.05) is 6.92 Å². The van der Waals surface area contributed by atoms with E-state index in [2.05, 4.69) is 19.4 Å². The molecule has 0 aliphatic rings. The summed E-state index contributed by atoms with van der Waals surface area (Å²) in [7, 11) is -3.67. The second kappa shape index (κ2) is 5.68. The highest BCUT2D eigenvalue weighted by Crippen LogP contribution is 2.21. The Kier molecular flexibility index (Phi) is 4.18. The lowest BCUT2D eigenvalue weighted by Gasteiger charge is -2.09. The van der Waals surface area contributed by atoms with E-state index in [0.717, 1.165) is 0 Å². The Morgan fingerprint density at radius 2 is 1.84 bits per heavy atom. The molecule has 0 atom stereocenters. The van der Waals surface area contributed by atoms with Gasteiger partial charge in [0, 0.05) is 6.54 Å². The third-order valence-corrected chi connectivity index (χ3v) is 3.61. The lowest BCUT2D eigenvalue weighted by atomic mass is 10.3. The minimum absolute atomic E-state index is 0.0144. The van der Waals surface area contributed by atoms with E-state index in [1.165, 1.54) is 0 Å². The van der Waals surface area contributed by atoms with Crippen molar-refractivity contribution in [3.05, 3.63) is 29.4 Å². The maximum atomic E-state index is 11.7. The molecular formula is C11H13ClN4O2S. The molecule has 0 aliphatic carbocycles. The first-order chi connectivity index (χ1) is 9.02. The fourth-order valence-corrected chi connectivity index (χ4v) is 2.62. The van der Waals surface area contributed by atoms with E-state index in [4.69, 9.17) is 11.6 Å². The summed E-state index contributed by atoms with van der Waals surface area (Å²) in [6, 6.07) is 7.08. The molecular weight excluding hydrogens is 288 g/mol. The molecule has 1 aromatic carbocycles. The molecule has 0 saturated carbocycles. The summed E-state index contributed by atoms with van der Waals surface area (Å²) in [6.07, 6.45) is 0.693. The Morgan fingerprint density at radius 1 is 1.21 bits per heavy atom. The third-order valence-electron chi connectivity index (χ3n) is 2.30. The van der Waals surface area contributed by atoms with Crippen molar-refractivity contribution >= 4 is 38.7 Å². The van der Waals surface area contributed by atoms with Crippen LogP contribution in [0.2, 0.25) is 5.15 Å². The lowest BCUT2D eigenvalue weighted by Crippen LogP contribution is -2.31. The topological polar surface area (TPSA) is 84.0 Å². The summed E-state index contributed by atoms with van der Waals surface area (Å²) >= 11 is 5.91. The van der Waals surface area contributed by atoms with E-state index in [0.29, 0.717) is 24.0 Å². The number of halogens is 1. The number of hydrogen-bond acceptors (Lipinski definition) is 4. The molecule has 0 spiro atoms. The number of anilines is 1. The Labute approximate surface area is 116 Å². The van der Waals surface area contributed by atoms with E-state index in [-0.39, 0.29) is 11.0 Å².